The van der Waals surface area contributed by atoms with Gasteiger partial charge in [0, 0.05) is 18.2 Å². The van der Waals surface area contributed by atoms with E-state index in [1.807, 2.05) is 0 Å². The zero-order valence-electron chi connectivity index (χ0n) is 12.2. The van der Waals surface area contributed by atoms with Crippen LogP contribution in [0.5, 0.6) is 0 Å². The van der Waals surface area contributed by atoms with Crippen molar-refractivity contribution in [2.45, 2.75) is 51.0 Å². The van der Waals surface area contributed by atoms with E-state index in [9.17, 15) is 4.79 Å². The highest BCUT2D eigenvalue weighted by Gasteiger charge is 2.25. The number of hydrogen-bond donors (Lipinski definition) is 2. The minimum atomic E-state index is 0.141. The van der Waals surface area contributed by atoms with Gasteiger partial charge >= 0.3 is 0 Å². The van der Waals surface area contributed by atoms with E-state index in [1.165, 1.54) is 43.2 Å². The molecule has 0 bridgehead atoms. The second-order valence-corrected chi connectivity index (χ2v) is 6.13. The molecule has 108 valence electrons. The van der Waals surface area contributed by atoms with E-state index in [0.717, 1.165) is 18.0 Å². The Morgan fingerprint density at radius 1 is 1.20 bits per heavy atom. The fourth-order valence-corrected chi connectivity index (χ4v) is 3.74. The molecule has 1 aliphatic carbocycles. The molecule has 1 aromatic rings. The van der Waals surface area contributed by atoms with E-state index in [2.05, 4.69) is 35.9 Å². The van der Waals surface area contributed by atoms with Crippen LogP contribution in [0.1, 0.15) is 55.7 Å². The molecule has 1 aliphatic heterocycles. The van der Waals surface area contributed by atoms with E-state index in [4.69, 9.17) is 0 Å². The number of nitrogens with one attached hydrogen (secondary N) is 2. The van der Waals surface area contributed by atoms with Gasteiger partial charge in [-0.1, -0.05) is 31.4 Å². The first-order chi connectivity index (χ1) is 9.78. The first-order valence-electron chi connectivity index (χ1n) is 7.88. The van der Waals surface area contributed by atoms with Crippen LogP contribution in [0, 0.1) is 5.92 Å². The van der Waals surface area contributed by atoms with Crippen LogP contribution >= 0.6 is 0 Å². The molecule has 1 atom stereocenters. The second-order valence-electron chi connectivity index (χ2n) is 6.13. The number of amides is 1. The Morgan fingerprint density at radius 2 is 2.00 bits per heavy atom. The number of carbonyl (C=O) groups is 1. The summed E-state index contributed by atoms with van der Waals surface area (Å²) in [5.74, 6) is 0.896. The average molecular weight is 272 g/mol. The van der Waals surface area contributed by atoms with Crippen LogP contribution in [0.4, 0.5) is 5.69 Å². The molecule has 3 heteroatoms. The fraction of sp³-hybridized carbons (Fsp3) is 0.588. The van der Waals surface area contributed by atoms with Crippen molar-refractivity contribution in [2.75, 3.05) is 12.4 Å². The Morgan fingerprint density at radius 3 is 2.75 bits per heavy atom. The van der Waals surface area contributed by atoms with E-state index >= 15 is 0 Å². The first-order valence-corrected chi connectivity index (χ1v) is 7.88. The zero-order valence-corrected chi connectivity index (χ0v) is 12.2. The predicted molar refractivity (Wildman–Crippen MR) is 81.8 cm³/mol. The maximum absolute atomic E-state index is 11.4. The largest absolute Gasteiger partial charge is 0.326 e. The molecule has 0 saturated heterocycles. The van der Waals surface area contributed by atoms with Crippen LogP contribution in [0.25, 0.3) is 0 Å². The summed E-state index contributed by atoms with van der Waals surface area (Å²) in [5.41, 5.74) is 3.68. The Balaban J connectivity index is 1.83. The molecule has 20 heavy (non-hydrogen) atoms. The highest BCUT2D eigenvalue weighted by atomic mass is 16.1. The summed E-state index contributed by atoms with van der Waals surface area (Å²) in [6.07, 6.45) is 8.27. The molecule has 1 fully saturated rings. The minimum Gasteiger partial charge on any atom is -0.326 e. The fourth-order valence-electron chi connectivity index (χ4n) is 3.74. The number of anilines is 1. The van der Waals surface area contributed by atoms with Crippen molar-refractivity contribution < 1.29 is 4.79 Å². The monoisotopic (exact) mass is 272 g/mol. The lowest BCUT2D eigenvalue weighted by atomic mass is 9.80. The molecular formula is C17H24N2O. The van der Waals surface area contributed by atoms with Crippen LogP contribution in [0.3, 0.4) is 0 Å². The van der Waals surface area contributed by atoms with Crippen LogP contribution in [-0.4, -0.2) is 13.0 Å². The standard InChI is InChI=1S/C17H24N2O/c1-18-17(12-5-3-2-4-6-12)14-7-9-15-13(11-14)8-10-16(20)19-15/h7,9,11-12,17-18H,2-6,8,10H2,1H3,(H,19,20). The number of hydrogen-bond acceptors (Lipinski definition) is 2. The summed E-state index contributed by atoms with van der Waals surface area (Å²) in [5, 5.41) is 6.48. The van der Waals surface area contributed by atoms with Crippen LogP contribution in [0.15, 0.2) is 18.2 Å². The Labute approximate surface area is 121 Å². The summed E-state index contributed by atoms with van der Waals surface area (Å²) in [6.45, 7) is 0. The van der Waals surface area contributed by atoms with Crippen molar-refractivity contribution in [1.82, 2.24) is 5.32 Å². The molecule has 3 nitrogen and oxygen atoms in total. The molecule has 1 amide bonds. The van der Waals surface area contributed by atoms with Gasteiger partial charge in [-0.25, -0.2) is 0 Å². The maximum atomic E-state index is 11.4. The summed E-state index contributed by atoms with van der Waals surface area (Å²) < 4.78 is 0. The van der Waals surface area contributed by atoms with Gasteiger partial charge in [0.15, 0.2) is 0 Å². The van der Waals surface area contributed by atoms with Crippen molar-refractivity contribution in [3.05, 3.63) is 29.3 Å². The third-order valence-electron chi connectivity index (χ3n) is 4.82. The molecule has 1 saturated carbocycles. The molecular weight excluding hydrogens is 248 g/mol. The predicted octanol–water partition coefficient (Wildman–Crippen LogP) is 3.41. The van der Waals surface area contributed by atoms with Gasteiger partial charge in [-0.2, -0.15) is 0 Å². The minimum absolute atomic E-state index is 0.141. The van der Waals surface area contributed by atoms with Crippen LogP contribution < -0.4 is 10.6 Å². The normalized spacial score (nSPS) is 21.1. The number of carbonyl (C=O) groups excluding carboxylic acids is 1. The quantitative estimate of drug-likeness (QED) is 0.885. The van der Waals surface area contributed by atoms with Gasteiger partial charge in [-0.3, -0.25) is 4.79 Å². The molecule has 0 spiro atoms. The van der Waals surface area contributed by atoms with Gasteiger partial charge in [-0.05, 0) is 49.4 Å². The van der Waals surface area contributed by atoms with Gasteiger partial charge < -0.3 is 10.6 Å². The van der Waals surface area contributed by atoms with Crippen molar-refractivity contribution in [3.8, 4) is 0 Å². The number of rotatable bonds is 3. The molecule has 1 unspecified atom stereocenters. The molecule has 1 aromatic carbocycles. The van der Waals surface area contributed by atoms with Gasteiger partial charge in [0.05, 0.1) is 0 Å². The summed E-state index contributed by atoms with van der Waals surface area (Å²) >= 11 is 0. The smallest absolute Gasteiger partial charge is 0.224 e. The maximum Gasteiger partial charge on any atom is 0.224 e. The molecule has 1 heterocycles. The van der Waals surface area contributed by atoms with Crippen LogP contribution in [-0.2, 0) is 11.2 Å². The molecule has 2 aliphatic rings. The first kappa shape index (κ1) is 13.6. The van der Waals surface area contributed by atoms with Gasteiger partial charge in [0.25, 0.3) is 0 Å². The van der Waals surface area contributed by atoms with Gasteiger partial charge in [0.1, 0.15) is 0 Å². The van der Waals surface area contributed by atoms with Gasteiger partial charge in [0.2, 0.25) is 5.91 Å². The Bertz CT molecular complexity index is 492. The van der Waals surface area contributed by atoms with Gasteiger partial charge in [-0.15, -0.1) is 0 Å². The number of fused-ring (bicyclic) bond motifs is 1. The number of aryl methyl sites for hydroxylation is 1. The van der Waals surface area contributed by atoms with Crippen molar-refractivity contribution >= 4 is 11.6 Å². The Kier molecular flexibility index (Phi) is 4.06. The summed E-state index contributed by atoms with van der Waals surface area (Å²) in [4.78, 5) is 11.4. The van der Waals surface area contributed by atoms with E-state index in [0.29, 0.717) is 12.5 Å². The lowest BCUT2D eigenvalue weighted by Gasteiger charge is -2.31. The highest BCUT2D eigenvalue weighted by Crippen LogP contribution is 2.36. The molecule has 3 rings (SSSR count). The van der Waals surface area contributed by atoms with E-state index in [1.54, 1.807) is 0 Å². The topological polar surface area (TPSA) is 41.1 Å². The highest BCUT2D eigenvalue weighted by molar-refractivity contribution is 5.93. The second kappa shape index (κ2) is 5.96. The SMILES string of the molecule is CNC(c1ccc2c(c1)CCC(=O)N2)C1CCCCC1. The average Bonchev–Trinajstić information content (AvgIpc) is 2.49. The third-order valence-corrected chi connectivity index (χ3v) is 4.82. The lowest BCUT2D eigenvalue weighted by molar-refractivity contribution is -0.116. The summed E-state index contributed by atoms with van der Waals surface area (Å²) in [6, 6.07) is 7.01. The number of benzene rings is 1. The van der Waals surface area contributed by atoms with Crippen LogP contribution in [0.2, 0.25) is 0 Å². The van der Waals surface area contributed by atoms with E-state index in [-0.39, 0.29) is 5.91 Å². The van der Waals surface area contributed by atoms with Crippen molar-refractivity contribution in [3.63, 3.8) is 0 Å². The Hall–Kier alpha value is -1.35. The van der Waals surface area contributed by atoms with E-state index < -0.39 is 0 Å². The lowest BCUT2D eigenvalue weighted by Crippen LogP contribution is -2.27. The molecule has 0 aromatic heterocycles. The summed E-state index contributed by atoms with van der Waals surface area (Å²) in [7, 11) is 2.07. The zero-order chi connectivity index (χ0) is 13.9. The van der Waals surface area contributed by atoms with Crippen molar-refractivity contribution in [1.29, 1.82) is 0 Å². The third kappa shape index (κ3) is 2.73. The van der Waals surface area contributed by atoms with Crippen molar-refractivity contribution in [2.24, 2.45) is 5.92 Å². The molecule has 0 radical (unpaired) electrons. The molecule has 2 N–H and O–H groups in total.